The predicted molar refractivity (Wildman–Crippen MR) is 227 cm³/mol. The minimum atomic E-state index is -1.06. The lowest BCUT2D eigenvalue weighted by atomic mass is 9.98. The molecule has 10 nitrogen and oxygen atoms in total. The molecule has 1 amide bonds. The summed E-state index contributed by atoms with van der Waals surface area (Å²) < 4.78 is 17.8. The van der Waals surface area contributed by atoms with E-state index in [9.17, 15) is 9.90 Å². The van der Waals surface area contributed by atoms with Crippen molar-refractivity contribution in [2.24, 2.45) is 13.0 Å². The molecule has 0 unspecified atom stereocenters. The molecular weight excluding hydrogens is 761 g/mol. The van der Waals surface area contributed by atoms with Crippen LogP contribution in [0.25, 0.3) is 32.9 Å². The fourth-order valence-corrected chi connectivity index (χ4v) is 9.60. The second kappa shape index (κ2) is 15.2. The minimum Gasteiger partial charge on any atom is -0.494 e. The average molecular weight is 811 g/mol. The number of fused-ring (bicyclic) bond motifs is 4. The summed E-state index contributed by atoms with van der Waals surface area (Å²) >= 11 is 13.6. The number of halogens is 2. The number of benzene rings is 3. The number of hydrogen-bond donors (Lipinski definition) is 1. The largest absolute Gasteiger partial charge is 0.494 e. The molecule has 298 valence electrons. The van der Waals surface area contributed by atoms with Gasteiger partial charge in [-0.05, 0) is 120 Å². The van der Waals surface area contributed by atoms with Crippen LogP contribution in [0.5, 0.6) is 5.75 Å². The summed E-state index contributed by atoms with van der Waals surface area (Å²) in [6.45, 7) is 14.6. The number of rotatable bonds is 10. The summed E-state index contributed by atoms with van der Waals surface area (Å²) in [5.41, 5.74) is 10.2. The molecule has 0 aliphatic carbocycles. The lowest BCUT2D eigenvalue weighted by Crippen LogP contribution is -2.43. The summed E-state index contributed by atoms with van der Waals surface area (Å²) in [6.07, 6.45) is 2.87. The number of anilines is 1. The van der Waals surface area contributed by atoms with Crippen molar-refractivity contribution < 1.29 is 24.2 Å². The van der Waals surface area contributed by atoms with Gasteiger partial charge >= 0.3 is 5.97 Å². The number of ether oxygens (including phenoxy) is 2. The minimum absolute atomic E-state index is 0.140. The third-order valence-corrected chi connectivity index (χ3v) is 12.9. The van der Waals surface area contributed by atoms with Gasteiger partial charge in [0.05, 0.1) is 34.0 Å². The first-order valence-electron chi connectivity index (χ1n) is 19.8. The molecule has 0 radical (unpaired) electrons. The highest BCUT2D eigenvalue weighted by Crippen LogP contribution is 2.47. The van der Waals surface area contributed by atoms with Crippen LogP contribution in [0.4, 0.5) is 5.69 Å². The van der Waals surface area contributed by atoms with E-state index in [2.05, 4.69) is 11.5 Å². The zero-order valence-electron chi connectivity index (χ0n) is 33.6. The summed E-state index contributed by atoms with van der Waals surface area (Å²) in [4.78, 5) is 30.7. The first-order valence-corrected chi connectivity index (χ1v) is 20.5. The van der Waals surface area contributed by atoms with Crippen molar-refractivity contribution in [3.05, 3.63) is 97.5 Å². The van der Waals surface area contributed by atoms with Crippen LogP contribution in [0.2, 0.25) is 10.0 Å². The number of amides is 1. The van der Waals surface area contributed by atoms with E-state index in [0.717, 1.165) is 90.2 Å². The van der Waals surface area contributed by atoms with Crippen molar-refractivity contribution in [2.45, 2.75) is 79.8 Å². The van der Waals surface area contributed by atoms with Crippen LogP contribution in [0.15, 0.2) is 42.5 Å². The monoisotopic (exact) mass is 809 g/mol. The van der Waals surface area contributed by atoms with Crippen LogP contribution >= 0.6 is 23.2 Å². The molecule has 6 aromatic rings. The Balaban J connectivity index is 1.29. The van der Waals surface area contributed by atoms with E-state index in [-0.39, 0.29) is 30.1 Å². The van der Waals surface area contributed by atoms with Gasteiger partial charge in [-0.2, -0.15) is 5.10 Å². The molecular formula is C45H49Cl2N5O5. The molecule has 0 saturated carbocycles. The van der Waals surface area contributed by atoms with E-state index in [4.69, 9.17) is 37.8 Å². The van der Waals surface area contributed by atoms with E-state index in [0.29, 0.717) is 55.6 Å². The maximum Gasteiger partial charge on any atom is 0.354 e. The molecule has 1 fully saturated rings. The van der Waals surface area contributed by atoms with Crippen molar-refractivity contribution in [1.82, 2.24) is 18.9 Å². The SMILES string of the molecule is Cc1ccc2c(c1)c(N1C[C@@H](C)n3c(c(CCCOc4cc(C)c(Cl)c(C)c4)c4ccc(Cl)c(-c5c(C)nn(C)c5C)c43)C1=O)c(C(=O)O)n2CC1CCOCC1. The van der Waals surface area contributed by atoms with Gasteiger partial charge in [-0.3, -0.25) is 9.48 Å². The average Bonchev–Trinajstić information content (AvgIpc) is 3.76. The smallest absolute Gasteiger partial charge is 0.354 e. The van der Waals surface area contributed by atoms with Crippen molar-refractivity contribution >= 4 is 62.6 Å². The maximum atomic E-state index is 15.5. The number of aromatic nitrogens is 4. The van der Waals surface area contributed by atoms with Crippen molar-refractivity contribution in [3.63, 3.8) is 0 Å². The number of nitrogens with zero attached hydrogens (tertiary/aromatic N) is 5. The number of aryl methyl sites for hydroxylation is 6. The molecule has 2 aliphatic heterocycles. The van der Waals surface area contributed by atoms with E-state index in [1.165, 1.54) is 0 Å². The lowest BCUT2D eigenvalue weighted by molar-refractivity contribution is 0.0597. The van der Waals surface area contributed by atoms with Gasteiger partial charge in [0.15, 0.2) is 5.69 Å². The molecule has 3 aromatic carbocycles. The van der Waals surface area contributed by atoms with E-state index >= 15 is 4.79 Å². The number of aromatic carboxylic acids is 1. The molecule has 8 rings (SSSR count). The van der Waals surface area contributed by atoms with Crippen LogP contribution in [0.3, 0.4) is 0 Å². The highest BCUT2D eigenvalue weighted by Gasteiger charge is 2.40. The van der Waals surface area contributed by atoms with Crippen LogP contribution in [-0.4, -0.2) is 62.3 Å². The highest BCUT2D eigenvalue weighted by molar-refractivity contribution is 6.35. The zero-order valence-corrected chi connectivity index (χ0v) is 35.1. The number of carboxylic acids is 1. The number of carboxylic acid groups (broad SMARTS) is 1. The molecule has 0 bridgehead atoms. The third-order valence-electron chi connectivity index (χ3n) is 12.0. The van der Waals surface area contributed by atoms with E-state index in [1.54, 1.807) is 4.90 Å². The molecule has 3 aromatic heterocycles. The molecule has 2 aliphatic rings. The lowest BCUT2D eigenvalue weighted by Gasteiger charge is -2.34. The van der Waals surface area contributed by atoms with Gasteiger partial charge in [-0.1, -0.05) is 40.9 Å². The third kappa shape index (κ3) is 6.69. The Labute approximate surface area is 342 Å². The Morgan fingerprint density at radius 2 is 1.70 bits per heavy atom. The summed E-state index contributed by atoms with van der Waals surface area (Å²) in [6, 6.07) is 13.6. The van der Waals surface area contributed by atoms with E-state index < -0.39 is 5.97 Å². The predicted octanol–water partition coefficient (Wildman–Crippen LogP) is 10.2. The number of carbonyl (C=O) groups excluding carboxylic acids is 1. The standard InChI is InChI=1S/C45H49Cl2N5O5/c1-24-10-13-36-34(19-24)41(43(45(54)55)50(36)23-30-14-17-56-18-15-30)51-22-27(4)52-40-33(11-12-35(46)38(40)37-28(5)48-49(7)29(37)6)32(42(52)44(51)53)9-8-16-57-31-20-25(2)39(47)26(3)21-31/h10-13,19-21,27,30H,8-9,14-18,22-23H2,1-7H3,(H,54,55)/t27-/m1/s1. The number of hydrogen-bond acceptors (Lipinski definition) is 5. The Kier molecular flexibility index (Phi) is 10.4. The van der Waals surface area contributed by atoms with Crippen molar-refractivity contribution in [2.75, 3.05) is 31.3 Å². The maximum absolute atomic E-state index is 15.5. The summed E-state index contributed by atoms with van der Waals surface area (Å²) in [5.74, 6) is -0.282. The van der Waals surface area contributed by atoms with Gasteiger partial charge < -0.3 is 28.6 Å². The van der Waals surface area contributed by atoms with Crippen LogP contribution in [-0.2, 0) is 24.8 Å². The molecule has 1 atom stereocenters. The zero-order chi connectivity index (χ0) is 40.4. The molecule has 57 heavy (non-hydrogen) atoms. The van der Waals surface area contributed by atoms with Gasteiger partial charge in [-0.15, -0.1) is 0 Å². The first kappa shape index (κ1) is 39.1. The summed E-state index contributed by atoms with van der Waals surface area (Å²) in [5, 5.41) is 18.7. The van der Waals surface area contributed by atoms with E-state index in [1.807, 2.05) is 93.4 Å². The normalized spacial score (nSPS) is 16.3. The Morgan fingerprint density at radius 3 is 2.37 bits per heavy atom. The molecule has 1 N–H and O–H groups in total. The number of carbonyl (C=O) groups is 2. The highest BCUT2D eigenvalue weighted by atomic mass is 35.5. The van der Waals surface area contributed by atoms with Gasteiger partial charge in [0.25, 0.3) is 5.91 Å². The molecule has 1 saturated heterocycles. The first-order chi connectivity index (χ1) is 27.3. The fourth-order valence-electron chi connectivity index (χ4n) is 9.24. The Morgan fingerprint density at radius 1 is 0.982 bits per heavy atom. The molecule has 12 heteroatoms. The topological polar surface area (TPSA) is 104 Å². The molecule has 5 heterocycles. The van der Waals surface area contributed by atoms with Crippen LogP contribution in [0, 0.1) is 40.5 Å². The van der Waals surface area contributed by atoms with Crippen LogP contribution in [0.1, 0.15) is 86.8 Å². The van der Waals surface area contributed by atoms with Gasteiger partial charge in [-0.25, -0.2) is 4.79 Å². The second-order valence-electron chi connectivity index (χ2n) is 16.0. The van der Waals surface area contributed by atoms with Gasteiger partial charge in [0, 0.05) is 72.0 Å². The quantitative estimate of drug-likeness (QED) is 0.138. The summed E-state index contributed by atoms with van der Waals surface area (Å²) in [7, 11) is 1.92. The van der Waals surface area contributed by atoms with Gasteiger partial charge in [0.2, 0.25) is 0 Å². The Hall–Kier alpha value is -4.77. The van der Waals surface area contributed by atoms with Crippen molar-refractivity contribution in [1.29, 1.82) is 0 Å². The van der Waals surface area contributed by atoms with Crippen molar-refractivity contribution in [3.8, 4) is 16.9 Å². The fraction of sp³-hybridized carbons (Fsp3) is 0.400. The molecule has 0 spiro atoms. The van der Waals surface area contributed by atoms with Gasteiger partial charge in [0.1, 0.15) is 11.4 Å². The second-order valence-corrected chi connectivity index (χ2v) is 16.7. The van der Waals surface area contributed by atoms with Crippen LogP contribution < -0.4 is 9.64 Å². The Bertz CT molecular complexity index is 2570.